The fourth-order valence-electron chi connectivity index (χ4n) is 4.50. The number of fused-ring (bicyclic) bond motifs is 2. The third-order valence-corrected chi connectivity index (χ3v) is 6.10. The van der Waals surface area contributed by atoms with E-state index in [1.165, 1.54) is 7.11 Å². The van der Waals surface area contributed by atoms with Crippen molar-refractivity contribution in [3.05, 3.63) is 65.2 Å². The molecule has 2 aliphatic rings. The first-order valence-electron chi connectivity index (χ1n) is 11.3. The number of carbonyl (C=O) groups excluding carboxylic acids is 2. The van der Waals surface area contributed by atoms with Crippen molar-refractivity contribution >= 4 is 12.1 Å². The number of hydrogen-bond donors (Lipinski definition) is 0. The highest BCUT2D eigenvalue weighted by molar-refractivity contribution is 5.89. The van der Waals surface area contributed by atoms with Crippen LogP contribution in [0.5, 0.6) is 5.75 Å². The van der Waals surface area contributed by atoms with Crippen molar-refractivity contribution < 1.29 is 23.8 Å². The number of piperazine rings is 1. The first kappa shape index (κ1) is 23.1. The van der Waals surface area contributed by atoms with Gasteiger partial charge in [-0.2, -0.15) is 0 Å². The third kappa shape index (κ3) is 5.47. The molecule has 2 aliphatic heterocycles. The van der Waals surface area contributed by atoms with Gasteiger partial charge >= 0.3 is 12.1 Å². The van der Waals surface area contributed by atoms with Gasteiger partial charge in [0.15, 0.2) is 0 Å². The van der Waals surface area contributed by atoms with Crippen molar-refractivity contribution in [1.82, 2.24) is 9.80 Å². The molecule has 0 aromatic heterocycles. The molecule has 2 bridgehead atoms. The number of rotatable bonds is 6. The molecule has 2 aromatic rings. The molecular weight excluding hydrogens is 420 g/mol. The van der Waals surface area contributed by atoms with E-state index >= 15 is 0 Å². The summed E-state index contributed by atoms with van der Waals surface area (Å²) in [4.78, 5) is 28.4. The fraction of sp³-hybridized carbons (Fsp3) is 0.462. The lowest BCUT2D eigenvalue weighted by Crippen LogP contribution is -2.49. The highest BCUT2D eigenvalue weighted by atomic mass is 16.6. The fourth-order valence-corrected chi connectivity index (χ4v) is 4.50. The van der Waals surface area contributed by atoms with E-state index in [0.717, 1.165) is 36.4 Å². The Morgan fingerprint density at radius 2 is 1.73 bits per heavy atom. The van der Waals surface area contributed by atoms with Gasteiger partial charge in [0.2, 0.25) is 0 Å². The van der Waals surface area contributed by atoms with E-state index in [9.17, 15) is 9.59 Å². The van der Waals surface area contributed by atoms with Crippen molar-refractivity contribution in [1.29, 1.82) is 0 Å². The minimum atomic E-state index is -0.478. The Labute approximate surface area is 195 Å². The Kier molecular flexibility index (Phi) is 6.61. The van der Waals surface area contributed by atoms with Gasteiger partial charge in [0, 0.05) is 37.3 Å². The largest absolute Gasteiger partial charge is 0.489 e. The lowest BCUT2D eigenvalue weighted by atomic mass is 10.1. The molecule has 2 unspecified atom stereocenters. The molecule has 1 amide bonds. The maximum absolute atomic E-state index is 12.5. The number of amides is 1. The van der Waals surface area contributed by atoms with Crippen molar-refractivity contribution in [3.63, 3.8) is 0 Å². The summed E-state index contributed by atoms with van der Waals surface area (Å²) in [5.74, 6) is 0.499. The Morgan fingerprint density at radius 3 is 2.36 bits per heavy atom. The molecule has 33 heavy (non-hydrogen) atoms. The van der Waals surface area contributed by atoms with Crippen LogP contribution in [0.25, 0.3) is 0 Å². The molecule has 2 fully saturated rings. The Bertz CT molecular complexity index is 998. The highest BCUT2D eigenvalue weighted by Crippen LogP contribution is 2.34. The van der Waals surface area contributed by atoms with Crippen LogP contribution in [0, 0.1) is 0 Å². The quantitative estimate of drug-likeness (QED) is 0.611. The smallest absolute Gasteiger partial charge is 0.410 e. The molecule has 2 saturated heterocycles. The van der Waals surface area contributed by atoms with E-state index in [1.807, 2.05) is 56.0 Å². The van der Waals surface area contributed by atoms with E-state index < -0.39 is 5.60 Å². The first-order valence-corrected chi connectivity index (χ1v) is 11.3. The van der Waals surface area contributed by atoms with E-state index in [-0.39, 0.29) is 18.1 Å². The van der Waals surface area contributed by atoms with Gasteiger partial charge in [0.25, 0.3) is 0 Å². The molecule has 0 N–H and O–H groups in total. The van der Waals surface area contributed by atoms with E-state index in [2.05, 4.69) is 11.0 Å². The average Bonchev–Trinajstić information content (AvgIpc) is 3.38. The summed E-state index contributed by atoms with van der Waals surface area (Å²) in [7, 11) is 1.37. The van der Waals surface area contributed by atoms with E-state index in [4.69, 9.17) is 14.2 Å². The number of hydrogen-bond acceptors (Lipinski definition) is 6. The minimum absolute atomic E-state index is 0.200. The standard InChI is InChI=1S/C26H32N2O5/c1-26(2,3)33-25(30)28-16-21-13-22(28)15-27(21)14-20-7-5-6-8-23(20)32-17-18-9-11-19(12-10-18)24(29)31-4/h5-12,21-22H,13-17H2,1-4H3. The van der Waals surface area contributed by atoms with Crippen LogP contribution in [-0.4, -0.2) is 59.7 Å². The van der Waals surface area contributed by atoms with Gasteiger partial charge in [-0.1, -0.05) is 30.3 Å². The number of methoxy groups -OCH3 is 1. The maximum Gasteiger partial charge on any atom is 0.410 e. The van der Waals surface area contributed by atoms with Crippen LogP contribution >= 0.6 is 0 Å². The van der Waals surface area contributed by atoms with Crippen molar-refractivity contribution in [3.8, 4) is 5.75 Å². The Hall–Kier alpha value is -3.06. The number of para-hydroxylation sites is 1. The van der Waals surface area contributed by atoms with Crippen LogP contribution in [-0.2, 0) is 22.6 Å². The van der Waals surface area contributed by atoms with Crippen LogP contribution in [0.15, 0.2) is 48.5 Å². The Morgan fingerprint density at radius 1 is 1.00 bits per heavy atom. The minimum Gasteiger partial charge on any atom is -0.489 e. The number of nitrogens with zero attached hydrogens (tertiary/aromatic N) is 2. The zero-order chi connectivity index (χ0) is 23.6. The summed E-state index contributed by atoms with van der Waals surface area (Å²) in [5.41, 5.74) is 2.14. The highest BCUT2D eigenvalue weighted by Gasteiger charge is 2.46. The second kappa shape index (κ2) is 9.43. The second-order valence-electron chi connectivity index (χ2n) is 9.69. The molecule has 0 radical (unpaired) electrons. The first-order chi connectivity index (χ1) is 15.7. The van der Waals surface area contributed by atoms with Gasteiger partial charge < -0.3 is 19.1 Å². The van der Waals surface area contributed by atoms with Crippen LogP contribution in [0.3, 0.4) is 0 Å². The summed E-state index contributed by atoms with van der Waals surface area (Å²) in [5, 5.41) is 0. The molecular formula is C26H32N2O5. The van der Waals surface area contributed by atoms with Crippen LogP contribution in [0.1, 0.15) is 48.7 Å². The number of likely N-dealkylation sites (tertiary alicyclic amines) is 2. The predicted molar refractivity (Wildman–Crippen MR) is 124 cm³/mol. The summed E-state index contributed by atoms with van der Waals surface area (Å²) >= 11 is 0. The number of carbonyl (C=O) groups is 2. The van der Waals surface area contributed by atoms with Crippen LogP contribution in [0.2, 0.25) is 0 Å². The van der Waals surface area contributed by atoms with Crippen molar-refractivity contribution in [2.24, 2.45) is 0 Å². The Balaban J connectivity index is 1.35. The second-order valence-corrected chi connectivity index (χ2v) is 9.69. The molecule has 7 heteroatoms. The molecule has 0 aliphatic carbocycles. The van der Waals surface area contributed by atoms with Gasteiger partial charge in [-0.3, -0.25) is 4.90 Å². The molecule has 2 aromatic carbocycles. The molecule has 2 heterocycles. The topological polar surface area (TPSA) is 68.3 Å². The van der Waals surface area contributed by atoms with Gasteiger partial charge in [-0.25, -0.2) is 9.59 Å². The third-order valence-electron chi connectivity index (χ3n) is 6.10. The maximum atomic E-state index is 12.5. The zero-order valence-corrected chi connectivity index (χ0v) is 19.7. The number of ether oxygens (including phenoxy) is 3. The SMILES string of the molecule is COC(=O)c1ccc(COc2ccccc2CN2CC3CC2CN3C(=O)OC(C)(C)C)cc1. The van der Waals surface area contributed by atoms with Crippen molar-refractivity contribution in [2.75, 3.05) is 20.2 Å². The monoisotopic (exact) mass is 452 g/mol. The lowest BCUT2D eigenvalue weighted by Gasteiger charge is -2.35. The van der Waals surface area contributed by atoms with Crippen LogP contribution < -0.4 is 4.74 Å². The molecule has 0 spiro atoms. The summed E-state index contributed by atoms with van der Waals surface area (Å²) in [6.45, 7) is 8.43. The molecule has 4 rings (SSSR count). The molecule has 176 valence electrons. The average molecular weight is 453 g/mol. The predicted octanol–water partition coefficient (Wildman–Crippen LogP) is 4.25. The van der Waals surface area contributed by atoms with Gasteiger partial charge in [0.1, 0.15) is 18.0 Å². The number of benzene rings is 2. The molecule has 7 nitrogen and oxygen atoms in total. The van der Waals surface area contributed by atoms with Gasteiger partial charge in [-0.05, 0) is 51.0 Å². The van der Waals surface area contributed by atoms with E-state index in [0.29, 0.717) is 24.8 Å². The molecule has 2 atom stereocenters. The van der Waals surface area contributed by atoms with Gasteiger partial charge in [-0.15, -0.1) is 0 Å². The summed E-state index contributed by atoms with van der Waals surface area (Å²) in [6.07, 6.45) is 0.769. The van der Waals surface area contributed by atoms with Crippen LogP contribution in [0.4, 0.5) is 4.79 Å². The van der Waals surface area contributed by atoms with E-state index in [1.54, 1.807) is 12.1 Å². The van der Waals surface area contributed by atoms with Crippen molar-refractivity contribution in [2.45, 2.75) is 58.0 Å². The lowest BCUT2D eigenvalue weighted by molar-refractivity contribution is 0.0123. The summed E-state index contributed by atoms with van der Waals surface area (Å²) in [6, 6.07) is 15.8. The van der Waals surface area contributed by atoms with Gasteiger partial charge in [0.05, 0.1) is 12.7 Å². The normalized spacial score (nSPS) is 20.1. The number of esters is 1. The zero-order valence-electron chi connectivity index (χ0n) is 19.7. The summed E-state index contributed by atoms with van der Waals surface area (Å²) < 4.78 is 16.4. The molecule has 0 saturated carbocycles.